The number of aromatic nitrogens is 2. The fourth-order valence-electron chi connectivity index (χ4n) is 2.39. The monoisotopic (exact) mass is 336 g/mol. The molecule has 0 spiro atoms. The lowest BCUT2D eigenvalue weighted by atomic mass is 10.1. The van der Waals surface area contributed by atoms with Gasteiger partial charge in [0.25, 0.3) is 0 Å². The molecule has 2 aromatic rings. The second-order valence-electron chi connectivity index (χ2n) is 5.52. The molecule has 0 aliphatic rings. The van der Waals surface area contributed by atoms with Crippen molar-refractivity contribution in [2.24, 2.45) is 0 Å². The van der Waals surface area contributed by atoms with Gasteiger partial charge >= 0.3 is 0 Å². The molecular formula is C18H25ClN2O2. The molecule has 1 aromatic heterocycles. The summed E-state index contributed by atoms with van der Waals surface area (Å²) in [5.41, 5.74) is 1.24. The molecule has 0 atom stereocenters. The number of aryl methyl sites for hydroxylation is 2. The van der Waals surface area contributed by atoms with Crippen molar-refractivity contribution in [1.82, 2.24) is 9.97 Å². The van der Waals surface area contributed by atoms with Gasteiger partial charge in [-0.2, -0.15) is 0 Å². The molecule has 5 heteroatoms. The predicted octanol–water partition coefficient (Wildman–Crippen LogP) is 4.82. The van der Waals surface area contributed by atoms with E-state index in [0.29, 0.717) is 11.6 Å². The maximum absolute atomic E-state index is 6.14. The Labute approximate surface area is 143 Å². The van der Waals surface area contributed by atoms with Gasteiger partial charge in [-0.15, -0.1) is 0 Å². The van der Waals surface area contributed by atoms with Crippen molar-refractivity contribution < 1.29 is 9.47 Å². The number of aromatic amines is 1. The van der Waals surface area contributed by atoms with E-state index in [2.05, 4.69) is 16.9 Å². The number of halogens is 1. The topological polar surface area (TPSA) is 47.1 Å². The van der Waals surface area contributed by atoms with Crippen LogP contribution in [-0.4, -0.2) is 23.7 Å². The second-order valence-corrected chi connectivity index (χ2v) is 5.92. The maximum Gasteiger partial charge on any atom is 0.138 e. The first-order chi connectivity index (χ1) is 11.2. The van der Waals surface area contributed by atoms with E-state index in [0.717, 1.165) is 43.0 Å². The van der Waals surface area contributed by atoms with Crippen LogP contribution in [0.3, 0.4) is 0 Å². The van der Waals surface area contributed by atoms with Crippen molar-refractivity contribution in [2.45, 2.75) is 45.4 Å². The minimum absolute atomic E-state index is 0.593. The Hall–Kier alpha value is -1.68. The third-order valence-electron chi connectivity index (χ3n) is 3.75. The third-order valence-corrected chi connectivity index (χ3v) is 4.05. The Bertz CT molecular complexity index is 598. The molecule has 0 amide bonds. The van der Waals surface area contributed by atoms with Crippen LogP contribution in [0.1, 0.15) is 44.1 Å². The van der Waals surface area contributed by atoms with E-state index in [1.807, 2.05) is 18.3 Å². The third kappa shape index (κ3) is 5.79. The normalized spacial score (nSPS) is 10.7. The molecule has 0 bridgehead atoms. The van der Waals surface area contributed by atoms with Gasteiger partial charge in [-0.05, 0) is 31.4 Å². The van der Waals surface area contributed by atoms with Crippen molar-refractivity contribution in [3.8, 4) is 11.5 Å². The highest BCUT2D eigenvalue weighted by Gasteiger charge is 2.03. The number of nitrogens with one attached hydrogen (secondary N) is 1. The first-order valence-corrected chi connectivity index (χ1v) is 8.59. The minimum Gasteiger partial charge on any atom is -0.497 e. The lowest BCUT2D eigenvalue weighted by molar-refractivity contribution is 0.304. The van der Waals surface area contributed by atoms with Crippen molar-refractivity contribution in [3.63, 3.8) is 0 Å². The molecule has 126 valence electrons. The van der Waals surface area contributed by atoms with Crippen molar-refractivity contribution in [3.05, 3.63) is 40.9 Å². The van der Waals surface area contributed by atoms with E-state index in [1.54, 1.807) is 13.2 Å². The summed E-state index contributed by atoms with van der Waals surface area (Å²) >= 11 is 6.14. The zero-order valence-corrected chi connectivity index (χ0v) is 14.7. The van der Waals surface area contributed by atoms with Crippen LogP contribution in [0, 0.1) is 0 Å². The molecule has 1 heterocycles. The van der Waals surface area contributed by atoms with Gasteiger partial charge in [0.2, 0.25) is 0 Å². The minimum atomic E-state index is 0.593. The Morgan fingerprint density at radius 2 is 2.00 bits per heavy atom. The summed E-state index contributed by atoms with van der Waals surface area (Å²) in [6.07, 6.45) is 8.54. The lowest BCUT2D eigenvalue weighted by Gasteiger charge is -2.09. The molecule has 0 saturated heterocycles. The molecule has 2 rings (SSSR count). The van der Waals surface area contributed by atoms with Gasteiger partial charge in [-0.1, -0.05) is 31.4 Å². The number of ether oxygens (including phenoxy) is 2. The van der Waals surface area contributed by atoms with E-state index in [-0.39, 0.29) is 0 Å². The zero-order valence-electron chi connectivity index (χ0n) is 13.9. The molecule has 0 radical (unpaired) electrons. The largest absolute Gasteiger partial charge is 0.497 e. The predicted molar refractivity (Wildman–Crippen MR) is 93.6 cm³/mol. The van der Waals surface area contributed by atoms with Crippen molar-refractivity contribution >= 4 is 11.6 Å². The van der Waals surface area contributed by atoms with Gasteiger partial charge in [0.05, 0.1) is 18.7 Å². The van der Waals surface area contributed by atoms with E-state index in [9.17, 15) is 0 Å². The molecule has 23 heavy (non-hydrogen) atoms. The first-order valence-electron chi connectivity index (χ1n) is 8.22. The number of H-pyrrole nitrogens is 1. The smallest absolute Gasteiger partial charge is 0.138 e. The van der Waals surface area contributed by atoms with Crippen molar-refractivity contribution in [2.75, 3.05) is 13.7 Å². The van der Waals surface area contributed by atoms with Crippen LogP contribution in [0.25, 0.3) is 0 Å². The fraction of sp³-hybridized carbons (Fsp3) is 0.500. The Balaban J connectivity index is 1.57. The summed E-state index contributed by atoms with van der Waals surface area (Å²) in [5, 5.41) is 0.593. The molecule has 1 N–H and O–H groups in total. The zero-order chi connectivity index (χ0) is 16.5. The summed E-state index contributed by atoms with van der Waals surface area (Å²) in [7, 11) is 1.62. The number of benzene rings is 1. The highest BCUT2D eigenvalue weighted by atomic mass is 35.5. The Morgan fingerprint density at radius 1 is 1.17 bits per heavy atom. The SMILES string of the molecule is CCc1ncc(CCCCCCOc2ccc(OC)cc2Cl)[nH]1. The van der Waals surface area contributed by atoms with Crippen LogP contribution in [-0.2, 0) is 12.8 Å². The summed E-state index contributed by atoms with van der Waals surface area (Å²) in [4.78, 5) is 7.66. The highest BCUT2D eigenvalue weighted by molar-refractivity contribution is 6.32. The van der Waals surface area contributed by atoms with Crippen LogP contribution in [0.15, 0.2) is 24.4 Å². The second kappa shape index (κ2) is 9.46. The molecular weight excluding hydrogens is 312 g/mol. The van der Waals surface area contributed by atoms with Crippen LogP contribution in [0.2, 0.25) is 5.02 Å². The van der Waals surface area contributed by atoms with Crippen LogP contribution >= 0.6 is 11.6 Å². The van der Waals surface area contributed by atoms with Gasteiger partial charge in [-0.3, -0.25) is 0 Å². The average molecular weight is 337 g/mol. The highest BCUT2D eigenvalue weighted by Crippen LogP contribution is 2.28. The number of rotatable bonds is 10. The van der Waals surface area contributed by atoms with Crippen LogP contribution in [0.5, 0.6) is 11.5 Å². The first kappa shape index (κ1) is 17.7. The number of methoxy groups -OCH3 is 1. The molecule has 4 nitrogen and oxygen atoms in total. The average Bonchev–Trinajstić information content (AvgIpc) is 3.03. The quantitative estimate of drug-likeness (QED) is 0.633. The molecule has 0 fully saturated rings. The number of nitrogens with zero attached hydrogens (tertiary/aromatic N) is 1. The van der Waals surface area contributed by atoms with Gasteiger partial charge in [-0.25, -0.2) is 4.98 Å². The molecule has 0 aliphatic carbocycles. The lowest BCUT2D eigenvalue weighted by Crippen LogP contribution is -1.98. The maximum atomic E-state index is 6.14. The summed E-state index contributed by atoms with van der Waals surface area (Å²) in [6, 6.07) is 5.48. The number of imidazole rings is 1. The molecule has 1 aromatic carbocycles. The van der Waals surface area contributed by atoms with Gasteiger partial charge < -0.3 is 14.5 Å². The number of hydrogen-bond acceptors (Lipinski definition) is 3. The van der Waals surface area contributed by atoms with E-state index in [1.165, 1.54) is 18.5 Å². The number of unbranched alkanes of at least 4 members (excludes halogenated alkanes) is 3. The number of hydrogen-bond donors (Lipinski definition) is 1. The summed E-state index contributed by atoms with van der Waals surface area (Å²) in [6.45, 7) is 2.80. The summed E-state index contributed by atoms with van der Waals surface area (Å²) < 4.78 is 10.8. The van der Waals surface area contributed by atoms with E-state index in [4.69, 9.17) is 21.1 Å². The van der Waals surface area contributed by atoms with Gasteiger partial charge in [0.15, 0.2) is 0 Å². The van der Waals surface area contributed by atoms with Crippen molar-refractivity contribution in [1.29, 1.82) is 0 Å². The summed E-state index contributed by atoms with van der Waals surface area (Å²) in [5.74, 6) is 2.54. The fourth-order valence-corrected chi connectivity index (χ4v) is 2.62. The van der Waals surface area contributed by atoms with Gasteiger partial charge in [0.1, 0.15) is 17.3 Å². The molecule has 0 saturated carbocycles. The van der Waals surface area contributed by atoms with Gasteiger partial charge in [0, 0.05) is 24.4 Å². The van der Waals surface area contributed by atoms with E-state index >= 15 is 0 Å². The molecule has 0 unspecified atom stereocenters. The Morgan fingerprint density at radius 3 is 2.70 bits per heavy atom. The van der Waals surface area contributed by atoms with E-state index < -0.39 is 0 Å². The molecule has 0 aliphatic heterocycles. The Kier molecular flexibility index (Phi) is 7.27. The standard InChI is InChI=1S/C18H25ClN2O2/c1-3-18-20-13-14(21-18)8-6-4-5-7-11-23-17-10-9-15(22-2)12-16(17)19/h9-10,12-13H,3-8,11H2,1-2H3,(H,20,21). The van der Waals surface area contributed by atoms with Crippen LogP contribution in [0.4, 0.5) is 0 Å². The van der Waals surface area contributed by atoms with Crippen LogP contribution < -0.4 is 9.47 Å².